The zero-order chi connectivity index (χ0) is 11.4. The van der Waals surface area contributed by atoms with Crippen molar-refractivity contribution in [3.63, 3.8) is 0 Å². The zero-order valence-electron chi connectivity index (χ0n) is 8.70. The van der Waals surface area contributed by atoms with Crippen LogP contribution >= 0.6 is 15.9 Å². The third-order valence-corrected chi connectivity index (χ3v) is 1.80. The molecule has 1 N–H and O–H groups in total. The second-order valence-corrected chi connectivity index (χ2v) is 3.76. The summed E-state index contributed by atoms with van der Waals surface area (Å²) >= 11 is 3.27. The van der Waals surface area contributed by atoms with Gasteiger partial charge in [0.25, 0.3) is 0 Å². The lowest BCUT2D eigenvalue weighted by Gasteiger charge is -1.93. The van der Waals surface area contributed by atoms with Crippen LogP contribution in [0.25, 0.3) is 0 Å². The van der Waals surface area contributed by atoms with E-state index in [9.17, 15) is 9.59 Å². The van der Waals surface area contributed by atoms with Gasteiger partial charge >= 0.3 is 5.97 Å². The number of hydrogen-bond acceptors (Lipinski definition) is 2. The molecule has 4 nitrogen and oxygen atoms in total. The molecule has 0 heterocycles. The maximum absolute atomic E-state index is 9.95. The third kappa shape index (κ3) is 22.5. The number of carboxylic acid groups (broad SMARTS) is 1. The Morgan fingerprint density at radius 2 is 1.86 bits per heavy atom. The van der Waals surface area contributed by atoms with E-state index in [0.29, 0.717) is 6.42 Å². The van der Waals surface area contributed by atoms with Crippen molar-refractivity contribution in [2.75, 3.05) is 19.4 Å². The van der Waals surface area contributed by atoms with Crippen LogP contribution in [0.15, 0.2) is 0 Å². The van der Waals surface area contributed by atoms with Gasteiger partial charge < -0.3 is 10.0 Å². The number of amides is 1. The first-order chi connectivity index (χ1) is 6.54. The standard InChI is InChI=1S/C6H11BrO2.C3H7NO/c7-5-3-1-2-4-6(8)9;1-4(2)3-5/h1-5H2,(H,8,9);3H,1-2H3. The van der Waals surface area contributed by atoms with Crippen molar-refractivity contribution in [2.24, 2.45) is 0 Å². The lowest BCUT2D eigenvalue weighted by molar-refractivity contribution is -0.137. The first kappa shape index (κ1) is 15.9. The Morgan fingerprint density at radius 1 is 1.36 bits per heavy atom. The van der Waals surface area contributed by atoms with Gasteiger partial charge in [0, 0.05) is 25.8 Å². The van der Waals surface area contributed by atoms with Gasteiger partial charge in [-0.2, -0.15) is 0 Å². The number of rotatable bonds is 6. The Kier molecular flexibility index (Phi) is 14.1. The topological polar surface area (TPSA) is 57.6 Å². The molecule has 84 valence electrons. The van der Waals surface area contributed by atoms with Gasteiger partial charge in [0.15, 0.2) is 0 Å². The molecule has 0 fully saturated rings. The highest BCUT2D eigenvalue weighted by molar-refractivity contribution is 9.09. The molecule has 0 spiro atoms. The van der Waals surface area contributed by atoms with Gasteiger partial charge in [0.2, 0.25) is 6.41 Å². The number of carbonyl (C=O) groups excluding carboxylic acids is 1. The molecular weight excluding hydrogens is 250 g/mol. The molecule has 0 rings (SSSR count). The fourth-order valence-corrected chi connectivity index (χ4v) is 0.944. The summed E-state index contributed by atoms with van der Waals surface area (Å²) in [5.41, 5.74) is 0. The van der Waals surface area contributed by atoms with E-state index in [-0.39, 0.29) is 0 Å². The van der Waals surface area contributed by atoms with E-state index >= 15 is 0 Å². The highest BCUT2D eigenvalue weighted by Crippen LogP contribution is 2.01. The van der Waals surface area contributed by atoms with Gasteiger partial charge in [-0.05, 0) is 12.8 Å². The minimum absolute atomic E-state index is 0.312. The molecule has 0 aromatic carbocycles. The molecule has 0 atom stereocenters. The van der Waals surface area contributed by atoms with Gasteiger partial charge in [-0.15, -0.1) is 0 Å². The van der Waals surface area contributed by atoms with E-state index in [1.165, 1.54) is 4.90 Å². The van der Waals surface area contributed by atoms with Crippen LogP contribution in [0.4, 0.5) is 0 Å². The normalized spacial score (nSPS) is 8.50. The fourth-order valence-electron chi connectivity index (χ4n) is 0.547. The summed E-state index contributed by atoms with van der Waals surface area (Å²) in [5.74, 6) is -0.690. The van der Waals surface area contributed by atoms with Gasteiger partial charge in [-0.3, -0.25) is 9.59 Å². The molecule has 0 aliphatic rings. The molecule has 0 aliphatic carbocycles. The molecule has 0 radical (unpaired) electrons. The predicted octanol–water partition coefficient (Wildman–Crippen LogP) is 1.73. The Morgan fingerprint density at radius 3 is 2.14 bits per heavy atom. The lowest BCUT2D eigenvalue weighted by Crippen LogP contribution is -2.06. The van der Waals surface area contributed by atoms with Crippen molar-refractivity contribution in [1.82, 2.24) is 4.90 Å². The number of carboxylic acids is 1. The molecule has 0 saturated carbocycles. The molecule has 0 aromatic rings. The maximum Gasteiger partial charge on any atom is 0.303 e. The van der Waals surface area contributed by atoms with Crippen LogP contribution in [0.5, 0.6) is 0 Å². The summed E-state index contributed by atoms with van der Waals surface area (Å²) in [6.45, 7) is 0. The molecule has 0 aliphatic heterocycles. The van der Waals surface area contributed by atoms with Crippen LogP contribution in [0, 0.1) is 0 Å². The number of halogens is 1. The van der Waals surface area contributed by atoms with E-state index in [4.69, 9.17) is 5.11 Å². The van der Waals surface area contributed by atoms with Crippen LogP contribution in [0.2, 0.25) is 0 Å². The second-order valence-electron chi connectivity index (χ2n) is 2.96. The van der Waals surface area contributed by atoms with E-state index in [0.717, 1.165) is 31.0 Å². The Labute approximate surface area is 93.4 Å². The maximum atomic E-state index is 9.95. The van der Waals surface area contributed by atoms with Gasteiger partial charge in [0.05, 0.1) is 0 Å². The van der Waals surface area contributed by atoms with E-state index in [1.54, 1.807) is 14.1 Å². The molecule has 0 bridgehead atoms. The summed E-state index contributed by atoms with van der Waals surface area (Å²) in [4.78, 5) is 20.8. The van der Waals surface area contributed by atoms with Crippen LogP contribution < -0.4 is 0 Å². The van der Waals surface area contributed by atoms with E-state index in [2.05, 4.69) is 15.9 Å². The van der Waals surface area contributed by atoms with Crippen LogP contribution in [-0.4, -0.2) is 41.8 Å². The minimum atomic E-state index is -0.690. The quantitative estimate of drug-likeness (QED) is 0.453. The summed E-state index contributed by atoms with van der Waals surface area (Å²) < 4.78 is 0. The van der Waals surface area contributed by atoms with Crippen molar-refractivity contribution in [3.05, 3.63) is 0 Å². The zero-order valence-corrected chi connectivity index (χ0v) is 10.3. The second kappa shape index (κ2) is 12.4. The predicted molar refractivity (Wildman–Crippen MR) is 59.6 cm³/mol. The molecule has 5 heteroatoms. The Balaban J connectivity index is 0. The van der Waals surface area contributed by atoms with E-state index < -0.39 is 5.97 Å². The van der Waals surface area contributed by atoms with E-state index in [1.807, 2.05) is 0 Å². The Bertz CT molecular complexity index is 151. The number of aliphatic carboxylic acids is 1. The molecule has 0 aromatic heterocycles. The minimum Gasteiger partial charge on any atom is -0.481 e. The number of alkyl halides is 1. The van der Waals surface area contributed by atoms with Crippen LogP contribution in [-0.2, 0) is 9.59 Å². The SMILES string of the molecule is CN(C)C=O.O=C(O)CCCCCBr. The average molecular weight is 268 g/mol. The number of carbonyl (C=O) groups is 2. The molecular formula is C9H18BrNO3. The summed E-state index contributed by atoms with van der Waals surface area (Å²) in [7, 11) is 3.38. The van der Waals surface area contributed by atoms with Crippen molar-refractivity contribution >= 4 is 28.3 Å². The number of unbranched alkanes of at least 4 members (excludes halogenated alkanes) is 2. The number of nitrogens with zero attached hydrogens (tertiary/aromatic N) is 1. The summed E-state index contributed by atoms with van der Waals surface area (Å²) in [5, 5.41) is 9.18. The van der Waals surface area contributed by atoms with Crippen molar-refractivity contribution in [3.8, 4) is 0 Å². The van der Waals surface area contributed by atoms with Crippen molar-refractivity contribution in [2.45, 2.75) is 25.7 Å². The molecule has 1 amide bonds. The summed E-state index contributed by atoms with van der Waals surface area (Å²) in [6, 6.07) is 0. The largest absolute Gasteiger partial charge is 0.481 e. The van der Waals surface area contributed by atoms with Crippen molar-refractivity contribution < 1.29 is 14.7 Å². The highest BCUT2D eigenvalue weighted by atomic mass is 79.9. The van der Waals surface area contributed by atoms with Crippen molar-refractivity contribution in [1.29, 1.82) is 0 Å². The number of hydrogen-bond donors (Lipinski definition) is 1. The highest BCUT2D eigenvalue weighted by Gasteiger charge is 1.94. The molecule has 0 unspecified atom stereocenters. The van der Waals surface area contributed by atoms with Crippen LogP contribution in [0.3, 0.4) is 0 Å². The average Bonchev–Trinajstić information content (AvgIpc) is 2.13. The molecule has 14 heavy (non-hydrogen) atoms. The first-order valence-electron chi connectivity index (χ1n) is 4.44. The van der Waals surface area contributed by atoms with Gasteiger partial charge in [0.1, 0.15) is 0 Å². The third-order valence-electron chi connectivity index (χ3n) is 1.24. The Hall–Kier alpha value is -0.580. The fraction of sp³-hybridized carbons (Fsp3) is 0.778. The first-order valence-corrected chi connectivity index (χ1v) is 5.56. The monoisotopic (exact) mass is 267 g/mol. The lowest BCUT2D eigenvalue weighted by atomic mass is 10.2. The van der Waals surface area contributed by atoms with Gasteiger partial charge in [-0.25, -0.2) is 0 Å². The summed E-state index contributed by atoms with van der Waals surface area (Å²) in [6.07, 6.45) is 3.96. The smallest absolute Gasteiger partial charge is 0.303 e. The van der Waals surface area contributed by atoms with Crippen LogP contribution in [0.1, 0.15) is 25.7 Å². The molecule has 0 saturated heterocycles. The van der Waals surface area contributed by atoms with Gasteiger partial charge in [-0.1, -0.05) is 22.4 Å².